The van der Waals surface area contributed by atoms with Crippen molar-refractivity contribution in [3.63, 3.8) is 0 Å². The number of nitrogens with two attached hydrogens (primary N) is 1. The van der Waals surface area contributed by atoms with Crippen LogP contribution in [0.2, 0.25) is 0 Å². The average molecular weight is 254 g/mol. The highest BCUT2D eigenvalue weighted by atomic mass is 19.1. The normalized spacial score (nSPS) is 12.2. The van der Waals surface area contributed by atoms with Crippen LogP contribution < -0.4 is 11.1 Å². The largest absolute Gasteiger partial charge is 0.398 e. The molecule has 0 heterocycles. The third-order valence-electron chi connectivity index (χ3n) is 2.71. The van der Waals surface area contributed by atoms with Gasteiger partial charge in [0.2, 0.25) is 0 Å². The summed E-state index contributed by atoms with van der Waals surface area (Å²) in [7, 11) is 1.61. The Morgan fingerprint density at radius 2 is 2.22 bits per heavy atom. The van der Waals surface area contributed by atoms with E-state index in [1.807, 2.05) is 6.92 Å². The van der Waals surface area contributed by atoms with Gasteiger partial charge < -0.3 is 15.8 Å². The molecule has 1 amide bonds. The zero-order valence-corrected chi connectivity index (χ0v) is 10.9. The highest BCUT2D eigenvalue weighted by Gasteiger charge is 2.12. The van der Waals surface area contributed by atoms with Crippen molar-refractivity contribution >= 4 is 11.6 Å². The molecule has 0 radical (unpaired) electrons. The molecule has 0 saturated carbocycles. The van der Waals surface area contributed by atoms with E-state index < -0.39 is 5.82 Å². The molecule has 100 valence electrons. The van der Waals surface area contributed by atoms with Gasteiger partial charge in [0.25, 0.3) is 5.91 Å². The van der Waals surface area contributed by atoms with Crippen LogP contribution in [0.4, 0.5) is 10.1 Å². The number of amides is 1. The first kappa shape index (κ1) is 14.4. The summed E-state index contributed by atoms with van der Waals surface area (Å²) < 4.78 is 18.4. The molecule has 5 heteroatoms. The summed E-state index contributed by atoms with van der Waals surface area (Å²) in [6, 6.07) is 2.68. The zero-order valence-electron chi connectivity index (χ0n) is 10.9. The van der Waals surface area contributed by atoms with E-state index in [4.69, 9.17) is 10.5 Å². The van der Waals surface area contributed by atoms with E-state index in [1.165, 1.54) is 12.1 Å². The Labute approximate surface area is 106 Å². The number of methoxy groups -OCH3 is 1. The third kappa shape index (κ3) is 3.70. The molecule has 1 atom stereocenters. The lowest BCUT2D eigenvalue weighted by Crippen LogP contribution is -2.30. The van der Waals surface area contributed by atoms with Crippen LogP contribution in [0, 0.1) is 18.7 Å². The van der Waals surface area contributed by atoms with E-state index in [9.17, 15) is 9.18 Å². The summed E-state index contributed by atoms with van der Waals surface area (Å²) in [5, 5.41) is 2.72. The van der Waals surface area contributed by atoms with Crippen LogP contribution in [0.15, 0.2) is 12.1 Å². The first-order valence-electron chi connectivity index (χ1n) is 5.78. The van der Waals surface area contributed by atoms with Crippen LogP contribution in [0.5, 0.6) is 0 Å². The van der Waals surface area contributed by atoms with Gasteiger partial charge in [-0.1, -0.05) is 6.92 Å². The number of carbonyl (C=O) groups is 1. The number of halogens is 1. The summed E-state index contributed by atoms with van der Waals surface area (Å²) in [5.74, 6) is -0.597. The number of carbonyl (C=O) groups excluding carboxylic acids is 1. The van der Waals surface area contributed by atoms with Crippen molar-refractivity contribution < 1.29 is 13.9 Å². The third-order valence-corrected chi connectivity index (χ3v) is 2.71. The van der Waals surface area contributed by atoms with Gasteiger partial charge in [-0.2, -0.15) is 0 Å². The predicted octanol–water partition coefficient (Wildman–Crippen LogP) is 1.73. The Morgan fingerprint density at radius 1 is 1.56 bits per heavy atom. The van der Waals surface area contributed by atoms with Crippen LogP contribution in [-0.2, 0) is 4.74 Å². The quantitative estimate of drug-likeness (QED) is 0.786. The molecule has 0 aliphatic rings. The second-order valence-electron chi connectivity index (χ2n) is 4.44. The van der Waals surface area contributed by atoms with Crippen LogP contribution >= 0.6 is 0 Å². The highest BCUT2D eigenvalue weighted by molar-refractivity contribution is 5.95. The number of nitrogen functional groups attached to an aromatic ring is 1. The molecule has 0 fully saturated rings. The highest BCUT2D eigenvalue weighted by Crippen LogP contribution is 2.17. The maximum absolute atomic E-state index is 13.4. The number of nitrogens with one attached hydrogen (secondary N) is 1. The lowest BCUT2D eigenvalue weighted by atomic mass is 10.1. The standard InChI is InChI=1S/C13H19FN2O2/c1-8(7-18-3)6-16-13(17)10-4-11(14)9(2)12(15)5-10/h4-5,8H,6-7,15H2,1-3H3,(H,16,17). The Morgan fingerprint density at radius 3 is 2.78 bits per heavy atom. The summed E-state index contributed by atoms with van der Waals surface area (Å²) >= 11 is 0. The maximum Gasteiger partial charge on any atom is 0.251 e. The van der Waals surface area contributed by atoms with Gasteiger partial charge in [0.1, 0.15) is 5.82 Å². The Hall–Kier alpha value is -1.62. The van der Waals surface area contributed by atoms with E-state index >= 15 is 0 Å². The van der Waals surface area contributed by atoms with E-state index in [0.717, 1.165) is 0 Å². The van der Waals surface area contributed by atoms with Crippen molar-refractivity contribution in [2.45, 2.75) is 13.8 Å². The summed E-state index contributed by atoms with van der Waals surface area (Å²) in [4.78, 5) is 11.8. The molecule has 1 unspecified atom stereocenters. The number of ether oxygens (including phenoxy) is 1. The van der Waals surface area contributed by atoms with E-state index in [1.54, 1.807) is 14.0 Å². The van der Waals surface area contributed by atoms with Crippen molar-refractivity contribution in [3.8, 4) is 0 Å². The van der Waals surface area contributed by atoms with Crippen molar-refractivity contribution in [1.82, 2.24) is 5.32 Å². The molecular weight excluding hydrogens is 235 g/mol. The minimum absolute atomic E-state index is 0.201. The molecule has 0 saturated heterocycles. The molecule has 0 aliphatic carbocycles. The summed E-state index contributed by atoms with van der Waals surface area (Å²) in [5.41, 5.74) is 6.50. The lowest BCUT2D eigenvalue weighted by molar-refractivity contribution is 0.0933. The van der Waals surface area contributed by atoms with E-state index in [-0.39, 0.29) is 23.1 Å². The fourth-order valence-corrected chi connectivity index (χ4v) is 1.54. The van der Waals surface area contributed by atoms with Gasteiger partial charge in [0, 0.05) is 30.5 Å². The van der Waals surface area contributed by atoms with Crippen LogP contribution in [-0.4, -0.2) is 26.2 Å². The van der Waals surface area contributed by atoms with E-state index in [0.29, 0.717) is 18.7 Å². The molecule has 1 rings (SSSR count). The van der Waals surface area contributed by atoms with Gasteiger partial charge >= 0.3 is 0 Å². The second kappa shape index (κ2) is 6.35. The zero-order chi connectivity index (χ0) is 13.7. The first-order valence-corrected chi connectivity index (χ1v) is 5.78. The monoisotopic (exact) mass is 254 g/mol. The molecule has 0 aliphatic heterocycles. The summed E-state index contributed by atoms with van der Waals surface area (Å²) in [6.07, 6.45) is 0. The van der Waals surface area contributed by atoms with Gasteiger partial charge in [-0.3, -0.25) is 4.79 Å². The molecule has 1 aromatic rings. The molecule has 4 nitrogen and oxygen atoms in total. The van der Waals surface area contributed by atoms with Gasteiger partial charge in [-0.25, -0.2) is 4.39 Å². The number of benzene rings is 1. The first-order chi connectivity index (χ1) is 8.45. The van der Waals surface area contributed by atoms with Crippen LogP contribution in [0.1, 0.15) is 22.8 Å². The average Bonchev–Trinajstić information content (AvgIpc) is 2.32. The fraction of sp³-hybridized carbons (Fsp3) is 0.462. The van der Waals surface area contributed by atoms with Crippen molar-refractivity contribution in [2.75, 3.05) is 26.0 Å². The number of anilines is 1. The van der Waals surface area contributed by atoms with Crippen molar-refractivity contribution in [2.24, 2.45) is 5.92 Å². The molecule has 1 aromatic carbocycles. The molecule has 0 bridgehead atoms. The molecule has 0 spiro atoms. The Kier molecular flexibility index (Phi) is 5.09. The Bertz CT molecular complexity index is 412. The molecule has 18 heavy (non-hydrogen) atoms. The van der Waals surface area contributed by atoms with Crippen LogP contribution in [0.25, 0.3) is 0 Å². The predicted molar refractivity (Wildman–Crippen MR) is 68.9 cm³/mol. The van der Waals surface area contributed by atoms with E-state index in [2.05, 4.69) is 5.32 Å². The topological polar surface area (TPSA) is 64.3 Å². The lowest BCUT2D eigenvalue weighted by Gasteiger charge is -2.12. The summed E-state index contributed by atoms with van der Waals surface area (Å²) in [6.45, 7) is 4.56. The van der Waals surface area contributed by atoms with Gasteiger partial charge in [0.15, 0.2) is 0 Å². The van der Waals surface area contributed by atoms with Gasteiger partial charge in [0.05, 0.1) is 6.61 Å². The van der Waals surface area contributed by atoms with Gasteiger partial charge in [-0.05, 0) is 25.0 Å². The number of hydrogen-bond acceptors (Lipinski definition) is 3. The minimum Gasteiger partial charge on any atom is -0.398 e. The number of rotatable bonds is 5. The molecule has 3 N–H and O–H groups in total. The fourth-order valence-electron chi connectivity index (χ4n) is 1.54. The van der Waals surface area contributed by atoms with Gasteiger partial charge in [-0.15, -0.1) is 0 Å². The molecular formula is C13H19FN2O2. The van der Waals surface area contributed by atoms with Crippen molar-refractivity contribution in [3.05, 3.63) is 29.1 Å². The minimum atomic E-state index is -0.468. The SMILES string of the molecule is COCC(C)CNC(=O)c1cc(N)c(C)c(F)c1. The Balaban J connectivity index is 2.67. The maximum atomic E-state index is 13.4. The second-order valence-corrected chi connectivity index (χ2v) is 4.44. The van der Waals surface area contributed by atoms with Crippen molar-refractivity contribution in [1.29, 1.82) is 0 Å². The number of hydrogen-bond donors (Lipinski definition) is 2. The smallest absolute Gasteiger partial charge is 0.251 e. The molecule has 0 aromatic heterocycles. The van der Waals surface area contributed by atoms with Crippen LogP contribution in [0.3, 0.4) is 0 Å².